The fourth-order valence-electron chi connectivity index (χ4n) is 5.05. The zero-order chi connectivity index (χ0) is 24.2. The number of piperidine rings is 1. The quantitative estimate of drug-likeness (QED) is 0.655. The number of carbonyl (C=O) groups is 2. The molecule has 3 amide bonds. The maximum atomic E-state index is 13.1. The first-order valence-electron chi connectivity index (χ1n) is 12.0. The van der Waals surface area contributed by atoms with E-state index in [0.717, 1.165) is 23.4 Å². The molecule has 1 unspecified atom stereocenters. The second-order valence-corrected chi connectivity index (χ2v) is 9.66. The smallest absolute Gasteiger partial charge is 0.318 e. The lowest BCUT2D eigenvalue weighted by atomic mass is 9.83. The first-order chi connectivity index (χ1) is 16.4. The van der Waals surface area contributed by atoms with Crippen LogP contribution in [0, 0.1) is 11.8 Å². The zero-order valence-electron chi connectivity index (χ0n) is 20.1. The van der Waals surface area contributed by atoms with Crippen molar-refractivity contribution in [3.8, 4) is 5.75 Å². The standard InChI is InChI=1S/C26H34N4O4/c1-17(2)24(25(32)27-12-11-18-7-9-21(34-3)10-8-18)28-26(33)29-14-19-13-20(16-29)22-5-4-6-23(31)30(22)15-19/h4-10,17,19-20,24H,11-16H2,1-3H3,(H,27,32)(H,28,33)/t19-,20+,24?/m1/s1. The van der Waals surface area contributed by atoms with Crippen molar-refractivity contribution in [3.63, 3.8) is 0 Å². The van der Waals surface area contributed by atoms with Crippen molar-refractivity contribution in [2.24, 2.45) is 11.8 Å². The molecule has 0 spiro atoms. The van der Waals surface area contributed by atoms with Crippen LogP contribution in [-0.2, 0) is 17.8 Å². The summed E-state index contributed by atoms with van der Waals surface area (Å²) < 4.78 is 7.02. The molecule has 3 atom stereocenters. The molecule has 1 aromatic carbocycles. The van der Waals surface area contributed by atoms with E-state index in [-0.39, 0.29) is 35.3 Å². The number of aromatic nitrogens is 1. The summed E-state index contributed by atoms with van der Waals surface area (Å²) in [6, 6.07) is 12.3. The number of nitrogens with one attached hydrogen (secondary N) is 2. The summed E-state index contributed by atoms with van der Waals surface area (Å²) in [5, 5.41) is 5.93. The monoisotopic (exact) mass is 466 g/mol. The lowest BCUT2D eigenvalue weighted by Gasteiger charge is -2.43. The Bertz CT molecular complexity index is 1080. The molecule has 0 aliphatic carbocycles. The van der Waals surface area contributed by atoms with Crippen molar-refractivity contribution in [3.05, 3.63) is 64.1 Å². The number of carbonyl (C=O) groups excluding carboxylic acids is 2. The number of ether oxygens (including phenoxy) is 1. The van der Waals surface area contributed by atoms with Crippen LogP contribution < -0.4 is 20.9 Å². The normalized spacial score (nSPS) is 19.8. The Morgan fingerprint density at radius 1 is 1.09 bits per heavy atom. The number of fused-ring (bicyclic) bond motifs is 4. The first kappa shape index (κ1) is 23.9. The van der Waals surface area contributed by atoms with E-state index in [2.05, 4.69) is 10.6 Å². The van der Waals surface area contributed by atoms with Crippen molar-refractivity contribution in [2.45, 2.75) is 45.2 Å². The number of nitrogens with zero attached hydrogens (tertiary/aromatic N) is 2. The average molecular weight is 467 g/mol. The van der Waals surface area contributed by atoms with Crippen LogP contribution in [0.2, 0.25) is 0 Å². The minimum Gasteiger partial charge on any atom is -0.497 e. The van der Waals surface area contributed by atoms with Gasteiger partial charge in [-0.3, -0.25) is 9.59 Å². The van der Waals surface area contributed by atoms with Gasteiger partial charge >= 0.3 is 6.03 Å². The van der Waals surface area contributed by atoms with Gasteiger partial charge in [-0.15, -0.1) is 0 Å². The number of hydrogen-bond donors (Lipinski definition) is 2. The summed E-state index contributed by atoms with van der Waals surface area (Å²) in [7, 11) is 1.63. The number of pyridine rings is 1. The van der Waals surface area contributed by atoms with Gasteiger partial charge in [0, 0.05) is 43.9 Å². The molecule has 0 radical (unpaired) electrons. The fourth-order valence-corrected chi connectivity index (χ4v) is 5.05. The molecule has 34 heavy (non-hydrogen) atoms. The molecule has 3 heterocycles. The minimum absolute atomic E-state index is 0.0243. The van der Waals surface area contributed by atoms with Crippen LogP contribution in [0.1, 0.15) is 37.4 Å². The number of amides is 3. The predicted molar refractivity (Wildman–Crippen MR) is 130 cm³/mol. The van der Waals surface area contributed by atoms with Gasteiger partial charge in [-0.25, -0.2) is 4.79 Å². The zero-order valence-corrected chi connectivity index (χ0v) is 20.1. The van der Waals surface area contributed by atoms with Gasteiger partial charge in [0.05, 0.1) is 7.11 Å². The minimum atomic E-state index is -0.611. The van der Waals surface area contributed by atoms with Gasteiger partial charge in [0.15, 0.2) is 0 Å². The van der Waals surface area contributed by atoms with E-state index in [9.17, 15) is 14.4 Å². The largest absolute Gasteiger partial charge is 0.497 e. The molecule has 8 heteroatoms. The highest BCUT2D eigenvalue weighted by Crippen LogP contribution is 2.34. The highest BCUT2D eigenvalue weighted by Gasteiger charge is 2.37. The Morgan fingerprint density at radius 2 is 1.85 bits per heavy atom. The van der Waals surface area contributed by atoms with E-state index in [4.69, 9.17) is 4.74 Å². The topological polar surface area (TPSA) is 92.7 Å². The first-order valence-corrected chi connectivity index (χ1v) is 12.0. The van der Waals surface area contributed by atoms with Crippen LogP contribution in [0.5, 0.6) is 5.75 Å². The Labute approximate surface area is 200 Å². The molecular formula is C26H34N4O4. The van der Waals surface area contributed by atoms with Gasteiger partial charge in [-0.2, -0.15) is 0 Å². The van der Waals surface area contributed by atoms with Crippen molar-refractivity contribution >= 4 is 11.9 Å². The van der Waals surface area contributed by atoms with Gasteiger partial charge < -0.3 is 24.8 Å². The third-order valence-electron chi connectivity index (χ3n) is 6.87. The molecular weight excluding hydrogens is 432 g/mol. The van der Waals surface area contributed by atoms with Crippen molar-refractivity contribution in [2.75, 3.05) is 26.7 Å². The number of likely N-dealkylation sites (tertiary alicyclic amines) is 1. The Morgan fingerprint density at radius 3 is 2.56 bits per heavy atom. The van der Waals surface area contributed by atoms with Gasteiger partial charge in [0.2, 0.25) is 5.91 Å². The average Bonchev–Trinajstić information content (AvgIpc) is 2.83. The fraction of sp³-hybridized carbons (Fsp3) is 0.500. The van der Waals surface area contributed by atoms with Gasteiger partial charge in [0.1, 0.15) is 11.8 Å². The highest BCUT2D eigenvalue weighted by atomic mass is 16.5. The molecule has 4 rings (SSSR count). The summed E-state index contributed by atoms with van der Waals surface area (Å²) in [5.74, 6) is 0.961. The van der Waals surface area contributed by atoms with E-state index in [1.54, 1.807) is 24.1 Å². The maximum Gasteiger partial charge on any atom is 0.318 e. The SMILES string of the molecule is COc1ccc(CCNC(=O)C(NC(=O)N2C[C@H]3C[C@@H](C2)c2cccc(=O)n2C3)C(C)C)cc1. The van der Waals surface area contributed by atoms with Gasteiger partial charge in [0.25, 0.3) is 5.56 Å². The van der Waals surface area contributed by atoms with Gasteiger partial charge in [-0.05, 0) is 48.4 Å². The summed E-state index contributed by atoms with van der Waals surface area (Å²) in [5.41, 5.74) is 2.12. The van der Waals surface area contributed by atoms with Gasteiger partial charge in [-0.1, -0.05) is 32.0 Å². The molecule has 2 N–H and O–H groups in total. The summed E-state index contributed by atoms with van der Waals surface area (Å²) in [4.78, 5) is 40.1. The molecule has 182 valence electrons. The lowest BCUT2D eigenvalue weighted by molar-refractivity contribution is -0.123. The Hall–Kier alpha value is -3.29. The molecule has 8 nitrogen and oxygen atoms in total. The van der Waals surface area contributed by atoms with E-state index >= 15 is 0 Å². The van der Waals surface area contributed by atoms with Crippen LogP contribution in [0.3, 0.4) is 0 Å². The second kappa shape index (κ2) is 10.3. The summed E-state index contributed by atoms with van der Waals surface area (Å²) in [6.45, 7) is 6.13. The second-order valence-electron chi connectivity index (χ2n) is 9.66. The Kier molecular flexibility index (Phi) is 7.24. The summed E-state index contributed by atoms with van der Waals surface area (Å²) >= 11 is 0. The maximum absolute atomic E-state index is 13.1. The molecule has 2 aliphatic heterocycles. The van der Waals surface area contributed by atoms with E-state index < -0.39 is 6.04 Å². The molecule has 1 aromatic heterocycles. The van der Waals surface area contributed by atoms with Crippen molar-refractivity contribution in [1.82, 2.24) is 20.1 Å². The number of benzene rings is 1. The molecule has 2 aromatic rings. The predicted octanol–water partition coefficient (Wildman–Crippen LogP) is 2.37. The Balaban J connectivity index is 1.33. The van der Waals surface area contributed by atoms with E-state index in [0.29, 0.717) is 32.6 Å². The molecule has 2 bridgehead atoms. The van der Waals surface area contributed by atoms with Crippen LogP contribution in [0.4, 0.5) is 4.79 Å². The van der Waals surface area contributed by atoms with Crippen LogP contribution in [-0.4, -0.2) is 54.2 Å². The lowest BCUT2D eigenvalue weighted by Crippen LogP contribution is -2.57. The van der Waals surface area contributed by atoms with Crippen molar-refractivity contribution in [1.29, 1.82) is 0 Å². The number of methoxy groups -OCH3 is 1. The number of rotatable bonds is 7. The van der Waals surface area contributed by atoms with E-state index in [1.165, 1.54) is 0 Å². The molecule has 1 saturated heterocycles. The van der Waals surface area contributed by atoms with Crippen LogP contribution >= 0.6 is 0 Å². The van der Waals surface area contributed by atoms with Crippen LogP contribution in [0.25, 0.3) is 0 Å². The molecule has 0 saturated carbocycles. The van der Waals surface area contributed by atoms with Crippen molar-refractivity contribution < 1.29 is 14.3 Å². The third kappa shape index (κ3) is 5.26. The number of hydrogen-bond acceptors (Lipinski definition) is 4. The molecule has 2 aliphatic rings. The molecule has 1 fully saturated rings. The third-order valence-corrected chi connectivity index (χ3v) is 6.87. The van der Waals surface area contributed by atoms with E-state index in [1.807, 2.05) is 48.7 Å². The number of urea groups is 1. The summed E-state index contributed by atoms with van der Waals surface area (Å²) in [6.07, 6.45) is 1.68. The highest BCUT2D eigenvalue weighted by molar-refractivity contribution is 5.87. The van der Waals surface area contributed by atoms with Crippen LogP contribution in [0.15, 0.2) is 47.3 Å².